The molecule has 1 aliphatic heterocycles. The van der Waals surface area contributed by atoms with Gasteiger partial charge in [0.15, 0.2) is 11.5 Å². The number of quaternary nitrogens is 1. The van der Waals surface area contributed by atoms with Gasteiger partial charge in [0.05, 0.1) is 40.5 Å². The van der Waals surface area contributed by atoms with Crippen molar-refractivity contribution in [3.63, 3.8) is 0 Å². The first kappa shape index (κ1) is 21.0. The second kappa shape index (κ2) is 10.2. The summed E-state index contributed by atoms with van der Waals surface area (Å²) in [5.41, 5.74) is 2.33. The van der Waals surface area contributed by atoms with E-state index in [0.717, 1.165) is 31.6 Å². The van der Waals surface area contributed by atoms with Crippen LogP contribution >= 0.6 is 0 Å². The Hall–Kier alpha value is -2.73. The summed E-state index contributed by atoms with van der Waals surface area (Å²) in [5, 5.41) is 3.20. The summed E-state index contributed by atoms with van der Waals surface area (Å²) in [6.07, 6.45) is 2.08. The minimum atomic E-state index is 0.0877. The fraction of sp³-hybridized carbons (Fsp3) is 0.435. The van der Waals surface area contributed by atoms with Crippen LogP contribution in [0.5, 0.6) is 17.2 Å². The van der Waals surface area contributed by atoms with Crippen molar-refractivity contribution in [2.45, 2.75) is 31.8 Å². The first-order valence-corrected chi connectivity index (χ1v) is 10.1. The van der Waals surface area contributed by atoms with Gasteiger partial charge in [0, 0.05) is 18.4 Å². The van der Waals surface area contributed by atoms with E-state index in [2.05, 4.69) is 29.6 Å². The van der Waals surface area contributed by atoms with E-state index in [-0.39, 0.29) is 11.9 Å². The third-order valence-corrected chi connectivity index (χ3v) is 5.41. The van der Waals surface area contributed by atoms with Crippen LogP contribution in [-0.4, -0.2) is 46.4 Å². The molecule has 6 heteroatoms. The molecule has 29 heavy (non-hydrogen) atoms. The van der Waals surface area contributed by atoms with Crippen LogP contribution in [0.15, 0.2) is 42.5 Å². The summed E-state index contributed by atoms with van der Waals surface area (Å²) in [7, 11) is 4.77. The number of hydrogen-bond acceptors (Lipinski definition) is 4. The lowest BCUT2D eigenvalue weighted by Gasteiger charge is -2.15. The molecule has 1 fully saturated rings. The van der Waals surface area contributed by atoms with Crippen LogP contribution < -0.4 is 24.4 Å². The van der Waals surface area contributed by atoms with Crippen molar-refractivity contribution < 1.29 is 23.9 Å². The van der Waals surface area contributed by atoms with Crippen molar-refractivity contribution in [2.75, 3.05) is 34.4 Å². The van der Waals surface area contributed by atoms with E-state index in [4.69, 9.17) is 14.2 Å². The summed E-state index contributed by atoms with van der Waals surface area (Å²) in [5.74, 6) is 1.87. The molecule has 1 unspecified atom stereocenters. The predicted octanol–water partition coefficient (Wildman–Crippen LogP) is 1.62. The number of carbonyl (C=O) groups excluding carboxylic acids is 1. The summed E-state index contributed by atoms with van der Waals surface area (Å²) in [6, 6.07) is 14.6. The standard InChI is InChI=1S/C23H30N2O4/c1-27-20-13-18(14-21(28-2)23(20)29-3)9-10-22(26)24-19-11-12-25(16-19)15-17-7-5-4-6-8-17/h4-8,13-14,19H,9-12,15-16H2,1-3H3,(H,24,26)/p+1/t19-/m0/s1. The Morgan fingerprint density at radius 1 is 1.03 bits per heavy atom. The van der Waals surface area contributed by atoms with Gasteiger partial charge in [-0.25, -0.2) is 0 Å². The Morgan fingerprint density at radius 2 is 1.72 bits per heavy atom. The Balaban J connectivity index is 1.49. The molecule has 2 N–H and O–H groups in total. The minimum Gasteiger partial charge on any atom is -0.493 e. The number of amides is 1. The van der Waals surface area contributed by atoms with E-state index in [9.17, 15) is 4.79 Å². The SMILES string of the molecule is COc1cc(CCC(=O)N[C@H]2CC[NH+](Cc3ccccc3)C2)cc(OC)c1OC. The van der Waals surface area contributed by atoms with E-state index >= 15 is 0 Å². The second-order valence-corrected chi connectivity index (χ2v) is 7.45. The van der Waals surface area contributed by atoms with Crippen molar-refractivity contribution in [3.8, 4) is 17.2 Å². The van der Waals surface area contributed by atoms with Gasteiger partial charge < -0.3 is 24.4 Å². The summed E-state index contributed by atoms with van der Waals surface area (Å²) in [6.45, 7) is 3.08. The molecule has 0 aromatic heterocycles. The topological polar surface area (TPSA) is 61.2 Å². The predicted molar refractivity (Wildman–Crippen MR) is 112 cm³/mol. The third-order valence-electron chi connectivity index (χ3n) is 5.41. The zero-order valence-corrected chi connectivity index (χ0v) is 17.5. The first-order chi connectivity index (χ1) is 14.1. The maximum Gasteiger partial charge on any atom is 0.220 e. The number of likely N-dealkylation sites (tertiary alicyclic amines) is 1. The fourth-order valence-corrected chi connectivity index (χ4v) is 3.94. The van der Waals surface area contributed by atoms with E-state index in [1.54, 1.807) is 21.3 Å². The highest BCUT2D eigenvalue weighted by Crippen LogP contribution is 2.38. The maximum atomic E-state index is 12.5. The molecule has 0 radical (unpaired) electrons. The van der Waals surface area contributed by atoms with Gasteiger partial charge >= 0.3 is 0 Å². The molecule has 0 bridgehead atoms. The highest BCUT2D eigenvalue weighted by molar-refractivity contribution is 5.76. The fourth-order valence-electron chi connectivity index (χ4n) is 3.94. The smallest absolute Gasteiger partial charge is 0.220 e. The van der Waals surface area contributed by atoms with E-state index < -0.39 is 0 Å². The lowest BCUT2D eigenvalue weighted by molar-refractivity contribution is -0.901. The van der Waals surface area contributed by atoms with E-state index in [1.165, 1.54) is 10.5 Å². The largest absolute Gasteiger partial charge is 0.493 e. The van der Waals surface area contributed by atoms with Gasteiger partial charge in [0.25, 0.3) is 0 Å². The number of hydrogen-bond donors (Lipinski definition) is 2. The lowest BCUT2D eigenvalue weighted by atomic mass is 10.1. The molecule has 1 aliphatic rings. The lowest BCUT2D eigenvalue weighted by Crippen LogP contribution is -3.09. The number of carbonyl (C=O) groups is 1. The summed E-state index contributed by atoms with van der Waals surface area (Å²) < 4.78 is 16.1. The summed E-state index contributed by atoms with van der Waals surface area (Å²) in [4.78, 5) is 14.0. The van der Waals surface area contributed by atoms with Gasteiger partial charge in [0.1, 0.15) is 6.54 Å². The number of ether oxygens (including phenoxy) is 3. The van der Waals surface area contributed by atoms with Crippen molar-refractivity contribution >= 4 is 5.91 Å². The van der Waals surface area contributed by atoms with Gasteiger partial charge in [0.2, 0.25) is 11.7 Å². The molecule has 0 spiro atoms. The van der Waals surface area contributed by atoms with Crippen LogP contribution in [0.2, 0.25) is 0 Å². The van der Waals surface area contributed by atoms with E-state index in [1.807, 2.05) is 18.2 Å². The quantitative estimate of drug-likeness (QED) is 0.673. The Morgan fingerprint density at radius 3 is 2.34 bits per heavy atom. The molecule has 2 aromatic carbocycles. The van der Waals surface area contributed by atoms with Gasteiger partial charge in [-0.3, -0.25) is 4.79 Å². The van der Waals surface area contributed by atoms with Crippen LogP contribution in [0.3, 0.4) is 0 Å². The highest BCUT2D eigenvalue weighted by Gasteiger charge is 2.27. The number of aryl methyl sites for hydroxylation is 1. The average molecular weight is 400 g/mol. The Bertz CT molecular complexity index is 785. The molecule has 3 rings (SSSR count). The van der Waals surface area contributed by atoms with Crippen molar-refractivity contribution in [1.82, 2.24) is 5.32 Å². The van der Waals surface area contributed by atoms with Gasteiger partial charge in [-0.1, -0.05) is 30.3 Å². The van der Waals surface area contributed by atoms with Crippen molar-refractivity contribution in [3.05, 3.63) is 53.6 Å². The van der Waals surface area contributed by atoms with Gasteiger partial charge in [-0.15, -0.1) is 0 Å². The van der Waals surface area contributed by atoms with Crippen LogP contribution in [0.1, 0.15) is 24.0 Å². The normalized spacial score (nSPS) is 18.3. The second-order valence-electron chi connectivity index (χ2n) is 7.45. The highest BCUT2D eigenvalue weighted by atomic mass is 16.5. The van der Waals surface area contributed by atoms with Crippen molar-refractivity contribution in [2.24, 2.45) is 0 Å². The molecule has 156 valence electrons. The average Bonchev–Trinajstić information content (AvgIpc) is 3.18. The number of methoxy groups -OCH3 is 3. The maximum absolute atomic E-state index is 12.5. The van der Waals surface area contributed by atoms with Crippen molar-refractivity contribution in [1.29, 1.82) is 0 Å². The van der Waals surface area contributed by atoms with Crippen LogP contribution in [0.25, 0.3) is 0 Å². The van der Waals surface area contributed by atoms with Gasteiger partial charge in [-0.05, 0) is 24.1 Å². The number of nitrogens with one attached hydrogen (secondary N) is 2. The molecular weight excluding hydrogens is 368 g/mol. The van der Waals surface area contributed by atoms with Crippen LogP contribution in [0, 0.1) is 0 Å². The monoisotopic (exact) mass is 399 g/mol. The Kier molecular flexibility index (Phi) is 7.36. The molecule has 1 saturated heterocycles. The van der Waals surface area contributed by atoms with Gasteiger partial charge in [-0.2, -0.15) is 0 Å². The molecule has 2 aromatic rings. The zero-order valence-electron chi connectivity index (χ0n) is 17.5. The third kappa shape index (κ3) is 5.64. The van der Waals surface area contributed by atoms with E-state index in [0.29, 0.717) is 30.1 Å². The molecule has 2 atom stereocenters. The molecule has 0 aliphatic carbocycles. The molecule has 6 nitrogen and oxygen atoms in total. The van der Waals surface area contributed by atoms with Crippen LogP contribution in [-0.2, 0) is 17.8 Å². The molecule has 0 saturated carbocycles. The molecular formula is C23H31N2O4+. The zero-order chi connectivity index (χ0) is 20.6. The Labute approximate surface area is 172 Å². The number of rotatable bonds is 9. The first-order valence-electron chi connectivity index (χ1n) is 10.1. The van der Waals surface area contributed by atoms with Crippen LogP contribution in [0.4, 0.5) is 0 Å². The minimum absolute atomic E-state index is 0.0877. The molecule has 1 amide bonds. The number of benzene rings is 2. The molecule has 1 heterocycles. The summed E-state index contributed by atoms with van der Waals surface area (Å²) >= 11 is 0.